The van der Waals surface area contributed by atoms with Gasteiger partial charge in [0.25, 0.3) is 0 Å². The number of allylic oxidation sites excluding steroid dienone is 9. The molecule has 0 aliphatic heterocycles. The summed E-state index contributed by atoms with van der Waals surface area (Å²) in [6.07, 6.45) is 16.5. The van der Waals surface area contributed by atoms with Crippen molar-refractivity contribution >= 4 is 11.6 Å². The van der Waals surface area contributed by atoms with E-state index in [1.807, 2.05) is 26.8 Å². The Hall–Kier alpha value is -2.81. The zero-order valence-corrected chi connectivity index (χ0v) is 20.8. The van der Waals surface area contributed by atoms with E-state index in [2.05, 4.69) is 63.1 Å². The normalized spacial score (nSPS) is 18.3. The van der Waals surface area contributed by atoms with Gasteiger partial charge in [-0.25, -0.2) is 4.99 Å². The third kappa shape index (κ3) is 8.37. The molecule has 0 aromatic heterocycles. The molecule has 3 nitrogen and oxygen atoms in total. The van der Waals surface area contributed by atoms with Crippen LogP contribution in [0, 0.1) is 5.41 Å². The summed E-state index contributed by atoms with van der Waals surface area (Å²) in [4.78, 5) is 4.57. The van der Waals surface area contributed by atoms with Crippen molar-refractivity contribution in [2.75, 3.05) is 0 Å². The monoisotopic (exact) mass is 433 g/mol. The number of rotatable bonds is 7. The molecule has 0 heterocycles. The molecule has 0 amide bonds. The first-order valence-corrected chi connectivity index (χ1v) is 11.5. The zero-order valence-electron chi connectivity index (χ0n) is 20.8. The van der Waals surface area contributed by atoms with Gasteiger partial charge in [-0.1, -0.05) is 55.4 Å². The maximum absolute atomic E-state index is 9.46. The van der Waals surface area contributed by atoms with Crippen molar-refractivity contribution in [2.45, 2.75) is 73.8 Å². The third-order valence-corrected chi connectivity index (χ3v) is 5.57. The van der Waals surface area contributed by atoms with E-state index in [1.54, 1.807) is 24.3 Å². The summed E-state index contributed by atoms with van der Waals surface area (Å²) < 4.78 is 5.86. The lowest BCUT2D eigenvalue weighted by molar-refractivity contribution is 0.231. The predicted molar refractivity (Wildman–Crippen MR) is 138 cm³/mol. The molecule has 1 aromatic rings. The van der Waals surface area contributed by atoms with Crippen LogP contribution in [0.3, 0.4) is 0 Å². The number of aliphatic imine (C=N–C) groups is 1. The van der Waals surface area contributed by atoms with Crippen molar-refractivity contribution in [1.82, 2.24) is 0 Å². The van der Waals surface area contributed by atoms with E-state index in [0.717, 1.165) is 11.3 Å². The van der Waals surface area contributed by atoms with Gasteiger partial charge in [-0.05, 0) is 94.7 Å². The Morgan fingerprint density at radius 3 is 2.41 bits per heavy atom. The average molecular weight is 434 g/mol. The first-order chi connectivity index (χ1) is 15.1. The van der Waals surface area contributed by atoms with Crippen LogP contribution in [0.4, 0.5) is 5.69 Å². The van der Waals surface area contributed by atoms with Crippen LogP contribution in [0.5, 0.6) is 5.75 Å². The van der Waals surface area contributed by atoms with Crippen molar-refractivity contribution in [3.63, 3.8) is 0 Å². The largest absolute Gasteiger partial charge is 0.508 e. The molecule has 0 spiro atoms. The maximum Gasteiger partial charge on any atom is 0.214 e. The quantitative estimate of drug-likeness (QED) is 0.266. The number of ether oxygens (including phenoxy) is 1. The number of benzene rings is 1. The van der Waals surface area contributed by atoms with Crippen LogP contribution in [0.15, 0.2) is 88.0 Å². The number of phenolic OH excluding ortho intramolecular Hbond substituents is 1. The number of phenols is 1. The Balaban J connectivity index is 2.12. The Morgan fingerprint density at radius 2 is 1.78 bits per heavy atom. The molecule has 3 heteroatoms. The van der Waals surface area contributed by atoms with Crippen LogP contribution < -0.4 is 0 Å². The van der Waals surface area contributed by atoms with Gasteiger partial charge in [0.1, 0.15) is 5.75 Å². The molecule has 0 saturated heterocycles. The van der Waals surface area contributed by atoms with Crippen molar-refractivity contribution in [1.29, 1.82) is 0 Å². The highest BCUT2D eigenvalue weighted by molar-refractivity contribution is 5.91. The van der Waals surface area contributed by atoms with Gasteiger partial charge in [-0.2, -0.15) is 0 Å². The van der Waals surface area contributed by atoms with E-state index in [9.17, 15) is 5.11 Å². The molecule has 2 rings (SSSR count). The molecule has 0 fully saturated rings. The summed E-state index contributed by atoms with van der Waals surface area (Å²) >= 11 is 0. The fourth-order valence-corrected chi connectivity index (χ4v) is 3.86. The molecule has 1 aliphatic rings. The van der Waals surface area contributed by atoms with E-state index in [0.29, 0.717) is 5.90 Å². The first kappa shape index (κ1) is 25.5. The van der Waals surface area contributed by atoms with Gasteiger partial charge in [0.15, 0.2) is 0 Å². The Bertz CT molecular complexity index is 951. The molecule has 0 atom stereocenters. The zero-order chi connectivity index (χ0) is 23.7. The summed E-state index contributed by atoms with van der Waals surface area (Å²) in [6, 6.07) is 6.77. The molecule has 172 valence electrons. The van der Waals surface area contributed by atoms with E-state index in [1.165, 1.54) is 36.0 Å². The number of aromatic hydroxyl groups is 1. The molecule has 0 saturated carbocycles. The highest BCUT2D eigenvalue weighted by Crippen LogP contribution is 2.40. The molecule has 0 bridgehead atoms. The minimum absolute atomic E-state index is 0.0213. The van der Waals surface area contributed by atoms with Crippen LogP contribution in [-0.4, -0.2) is 17.1 Å². The summed E-state index contributed by atoms with van der Waals surface area (Å²) in [7, 11) is 0. The maximum atomic E-state index is 9.46. The minimum Gasteiger partial charge on any atom is -0.508 e. The van der Waals surface area contributed by atoms with Gasteiger partial charge < -0.3 is 9.84 Å². The smallest absolute Gasteiger partial charge is 0.214 e. The van der Waals surface area contributed by atoms with Crippen molar-refractivity contribution in [2.24, 2.45) is 10.4 Å². The summed E-state index contributed by atoms with van der Waals surface area (Å²) in [5.74, 6) is 0.773. The van der Waals surface area contributed by atoms with Gasteiger partial charge in [0, 0.05) is 6.08 Å². The average Bonchev–Trinajstić information content (AvgIpc) is 2.68. The van der Waals surface area contributed by atoms with Crippen LogP contribution in [0.25, 0.3) is 0 Å². The van der Waals surface area contributed by atoms with Gasteiger partial charge in [-0.15, -0.1) is 0 Å². The van der Waals surface area contributed by atoms with Crippen LogP contribution >= 0.6 is 0 Å². The summed E-state index contributed by atoms with van der Waals surface area (Å²) in [6.45, 7) is 15.1. The highest BCUT2D eigenvalue weighted by atomic mass is 16.5. The fraction of sp³-hybridized carbons (Fsp3) is 0.414. The standard InChI is InChI=1S/C29H39NO2/c1-21(2)32-28(30-25-14-16-26(31)17-15-25)20-23(4)11-8-10-22(3)13-18-27-24(5)12-9-19-29(27,6)7/h8,10-11,13-18,20-21,31H,9,12,19H2,1-7H3/b11-8+,18-13+,22-10+,23-20+,30-28-. The molecule has 0 radical (unpaired) electrons. The second-order valence-electron chi connectivity index (χ2n) is 9.56. The molecule has 0 unspecified atom stereocenters. The predicted octanol–water partition coefficient (Wildman–Crippen LogP) is 8.38. The van der Waals surface area contributed by atoms with Crippen LogP contribution in [-0.2, 0) is 4.74 Å². The molecular weight excluding hydrogens is 394 g/mol. The van der Waals surface area contributed by atoms with Crippen molar-refractivity contribution in [3.05, 3.63) is 83.0 Å². The molecule has 1 aliphatic carbocycles. The Kier molecular flexibility index (Phi) is 9.31. The van der Waals surface area contributed by atoms with Crippen LogP contribution in [0.1, 0.15) is 67.7 Å². The van der Waals surface area contributed by atoms with E-state index in [-0.39, 0.29) is 17.3 Å². The summed E-state index contributed by atoms with van der Waals surface area (Å²) in [5.41, 5.74) is 6.26. The lowest BCUT2D eigenvalue weighted by Crippen LogP contribution is -2.19. The number of hydrogen-bond acceptors (Lipinski definition) is 3. The number of hydrogen-bond donors (Lipinski definition) is 1. The van der Waals surface area contributed by atoms with Gasteiger partial charge in [0.05, 0.1) is 11.8 Å². The fourth-order valence-electron chi connectivity index (χ4n) is 3.86. The van der Waals surface area contributed by atoms with E-state index in [4.69, 9.17) is 4.74 Å². The molecule has 32 heavy (non-hydrogen) atoms. The first-order valence-electron chi connectivity index (χ1n) is 11.5. The van der Waals surface area contributed by atoms with E-state index < -0.39 is 0 Å². The second-order valence-corrected chi connectivity index (χ2v) is 9.56. The molecule has 1 N–H and O–H groups in total. The van der Waals surface area contributed by atoms with Gasteiger partial charge in [0.2, 0.25) is 5.90 Å². The molecular formula is C29H39NO2. The van der Waals surface area contributed by atoms with Crippen molar-refractivity contribution < 1.29 is 9.84 Å². The second kappa shape index (κ2) is 11.7. The van der Waals surface area contributed by atoms with Crippen LogP contribution in [0.2, 0.25) is 0 Å². The number of nitrogens with zero attached hydrogens (tertiary/aromatic N) is 1. The van der Waals surface area contributed by atoms with Gasteiger partial charge in [-0.3, -0.25) is 0 Å². The topological polar surface area (TPSA) is 41.8 Å². The minimum atomic E-state index is 0.0213. The SMILES string of the molecule is CC1=C(/C=C/C(C)=C/C=C/C(C)=C/C(=N/c2ccc(O)cc2)OC(C)C)C(C)(C)CCC1. The lowest BCUT2D eigenvalue weighted by Gasteiger charge is -2.32. The van der Waals surface area contributed by atoms with Crippen molar-refractivity contribution in [3.8, 4) is 5.75 Å². The lowest BCUT2D eigenvalue weighted by atomic mass is 9.72. The van der Waals surface area contributed by atoms with Gasteiger partial charge >= 0.3 is 0 Å². The van der Waals surface area contributed by atoms with E-state index >= 15 is 0 Å². The summed E-state index contributed by atoms with van der Waals surface area (Å²) in [5, 5.41) is 9.46. The third-order valence-electron chi connectivity index (χ3n) is 5.57. The Labute approximate surface area is 194 Å². The highest BCUT2D eigenvalue weighted by Gasteiger charge is 2.26. The Morgan fingerprint density at radius 1 is 1.09 bits per heavy atom. The molecule has 1 aromatic carbocycles.